The zero-order valence-corrected chi connectivity index (χ0v) is 17.7. The van der Waals surface area contributed by atoms with Crippen molar-refractivity contribution < 1.29 is 18.0 Å². The molecule has 0 spiro atoms. The van der Waals surface area contributed by atoms with Gasteiger partial charge in [0.05, 0.1) is 16.7 Å². The van der Waals surface area contributed by atoms with Crippen LogP contribution in [0.2, 0.25) is 0 Å². The molecule has 11 heteroatoms. The van der Waals surface area contributed by atoms with Crippen LogP contribution in [-0.4, -0.2) is 31.2 Å². The van der Waals surface area contributed by atoms with E-state index in [-0.39, 0.29) is 11.4 Å². The van der Waals surface area contributed by atoms with E-state index in [0.717, 1.165) is 59.0 Å². The number of aromatic nitrogens is 4. The number of hydrogen-bond acceptors (Lipinski definition) is 6. The minimum absolute atomic E-state index is 0.0170. The van der Waals surface area contributed by atoms with Gasteiger partial charge >= 0.3 is 6.18 Å². The zero-order valence-electron chi connectivity index (χ0n) is 16.1. The predicted octanol–water partition coefficient (Wildman–Crippen LogP) is 4.97. The summed E-state index contributed by atoms with van der Waals surface area (Å²) in [5.41, 5.74) is 1.32. The molecule has 0 atom stereocenters. The molecule has 160 valence electrons. The summed E-state index contributed by atoms with van der Waals surface area (Å²) in [6.45, 7) is 0. The second-order valence-electron chi connectivity index (χ2n) is 7.23. The fourth-order valence-electron chi connectivity index (χ4n) is 3.73. The summed E-state index contributed by atoms with van der Waals surface area (Å²) in [6.07, 6.45) is 1.59. The van der Waals surface area contributed by atoms with Crippen molar-refractivity contribution in [3.05, 3.63) is 46.6 Å². The van der Waals surface area contributed by atoms with Crippen LogP contribution in [0.25, 0.3) is 15.9 Å². The molecule has 0 radical (unpaired) electrons. The Hall–Kier alpha value is -2.66. The summed E-state index contributed by atoms with van der Waals surface area (Å²) in [5.74, 6) is -0.445. The molecule has 1 N–H and O–H groups in total. The van der Waals surface area contributed by atoms with Crippen LogP contribution < -0.4 is 5.32 Å². The van der Waals surface area contributed by atoms with Crippen LogP contribution in [0, 0.1) is 0 Å². The monoisotopic (exact) mass is 463 g/mol. The number of fused-ring (bicyclic) bond motifs is 5. The minimum Gasteiger partial charge on any atom is -0.325 e. The number of carbonyl (C=O) groups is 1. The third-order valence-corrected chi connectivity index (χ3v) is 7.28. The maximum absolute atomic E-state index is 12.8. The lowest BCUT2D eigenvalue weighted by Crippen LogP contribution is -2.15. The zero-order chi connectivity index (χ0) is 21.6. The maximum atomic E-state index is 12.8. The first-order chi connectivity index (χ1) is 14.9. The molecule has 0 saturated carbocycles. The maximum Gasteiger partial charge on any atom is 0.416 e. The van der Waals surface area contributed by atoms with Crippen molar-refractivity contribution in [3.8, 4) is 0 Å². The van der Waals surface area contributed by atoms with Gasteiger partial charge in [-0.1, -0.05) is 17.8 Å². The van der Waals surface area contributed by atoms with Gasteiger partial charge in [-0.05, 0) is 49.4 Å². The molecule has 3 heterocycles. The van der Waals surface area contributed by atoms with Crippen LogP contribution in [0.5, 0.6) is 0 Å². The molecule has 1 aromatic carbocycles. The lowest BCUT2D eigenvalue weighted by molar-refractivity contribution is -0.137. The summed E-state index contributed by atoms with van der Waals surface area (Å²) in [6, 6.07) is 4.56. The number of alkyl halides is 3. The Morgan fingerprint density at radius 3 is 2.90 bits per heavy atom. The Morgan fingerprint density at radius 2 is 2.06 bits per heavy atom. The van der Waals surface area contributed by atoms with Crippen LogP contribution >= 0.6 is 23.1 Å². The first-order valence-electron chi connectivity index (χ1n) is 9.64. The van der Waals surface area contributed by atoms with Crippen LogP contribution in [-0.2, 0) is 23.8 Å². The van der Waals surface area contributed by atoms with Gasteiger partial charge in [-0.15, -0.1) is 21.5 Å². The second kappa shape index (κ2) is 7.79. The average Bonchev–Trinajstić information content (AvgIpc) is 3.32. The molecule has 0 unspecified atom stereocenters. The van der Waals surface area contributed by atoms with Crippen molar-refractivity contribution in [2.24, 2.45) is 0 Å². The van der Waals surface area contributed by atoms with E-state index < -0.39 is 17.6 Å². The number of amides is 1. The molecular weight excluding hydrogens is 447 g/mol. The predicted molar refractivity (Wildman–Crippen MR) is 114 cm³/mol. The molecule has 1 aliphatic carbocycles. The van der Waals surface area contributed by atoms with Crippen LogP contribution in [0.4, 0.5) is 18.9 Å². The number of rotatable bonds is 4. The summed E-state index contributed by atoms with van der Waals surface area (Å²) in [4.78, 5) is 19.1. The van der Waals surface area contributed by atoms with Gasteiger partial charge in [-0.2, -0.15) is 13.2 Å². The average molecular weight is 464 g/mol. The van der Waals surface area contributed by atoms with Gasteiger partial charge in [0.15, 0.2) is 10.8 Å². The Bertz CT molecular complexity index is 1300. The molecule has 4 aromatic rings. The second-order valence-corrected chi connectivity index (χ2v) is 9.25. The number of thioether (sulfide) groups is 1. The van der Waals surface area contributed by atoms with Crippen LogP contribution in [0.15, 0.2) is 35.7 Å². The lowest BCUT2D eigenvalue weighted by atomic mass is 9.97. The highest BCUT2D eigenvalue weighted by atomic mass is 32.2. The number of hydrogen-bond donors (Lipinski definition) is 1. The van der Waals surface area contributed by atoms with E-state index in [9.17, 15) is 18.0 Å². The Morgan fingerprint density at radius 1 is 1.23 bits per heavy atom. The largest absolute Gasteiger partial charge is 0.416 e. The van der Waals surface area contributed by atoms with Crippen molar-refractivity contribution >= 4 is 50.6 Å². The molecule has 0 saturated heterocycles. The van der Waals surface area contributed by atoms with Crippen molar-refractivity contribution in [2.45, 2.75) is 37.0 Å². The molecule has 0 fully saturated rings. The van der Waals surface area contributed by atoms with E-state index in [0.29, 0.717) is 5.16 Å². The van der Waals surface area contributed by atoms with Gasteiger partial charge < -0.3 is 5.32 Å². The first-order valence-corrected chi connectivity index (χ1v) is 11.4. The smallest absolute Gasteiger partial charge is 0.325 e. The van der Waals surface area contributed by atoms with Gasteiger partial charge in [0.2, 0.25) is 5.91 Å². The van der Waals surface area contributed by atoms with Crippen molar-refractivity contribution in [1.82, 2.24) is 19.6 Å². The lowest BCUT2D eigenvalue weighted by Gasteiger charge is -2.10. The van der Waals surface area contributed by atoms with Crippen molar-refractivity contribution in [2.75, 3.05) is 11.1 Å². The van der Waals surface area contributed by atoms with E-state index >= 15 is 0 Å². The number of nitrogens with one attached hydrogen (secondary N) is 1. The van der Waals surface area contributed by atoms with Crippen LogP contribution in [0.3, 0.4) is 0 Å². The van der Waals surface area contributed by atoms with Crippen molar-refractivity contribution in [1.29, 1.82) is 0 Å². The molecule has 3 aromatic heterocycles. The number of aryl methyl sites for hydroxylation is 2. The Labute approximate surface area is 182 Å². The fourth-order valence-corrected chi connectivity index (χ4v) is 5.66. The normalized spacial score (nSPS) is 14.2. The van der Waals surface area contributed by atoms with E-state index in [4.69, 9.17) is 0 Å². The van der Waals surface area contributed by atoms with Gasteiger partial charge in [0, 0.05) is 10.6 Å². The topological polar surface area (TPSA) is 72.2 Å². The summed E-state index contributed by atoms with van der Waals surface area (Å²) in [7, 11) is 0. The van der Waals surface area contributed by atoms with Gasteiger partial charge in [0.25, 0.3) is 0 Å². The highest BCUT2D eigenvalue weighted by molar-refractivity contribution is 7.99. The van der Waals surface area contributed by atoms with Gasteiger partial charge in [-0.25, -0.2) is 4.98 Å². The Balaban J connectivity index is 1.34. The molecule has 31 heavy (non-hydrogen) atoms. The third kappa shape index (κ3) is 3.87. The minimum atomic E-state index is -4.46. The summed E-state index contributed by atoms with van der Waals surface area (Å²) >= 11 is 2.86. The van der Waals surface area contributed by atoms with E-state index in [1.54, 1.807) is 22.1 Å². The standard InChI is InChI=1S/C20H16F3N5OS2/c21-20(22,23)11-4-3-5-12(8-11)25-15(29)9-30-19-27-26-17-16-13-6-1-2-7-14(13)31-18(16)24-10-28(17)19/h3-5,8,10H,1-2,6-7,9H2,(H,25,29). The van der Waals surface area contributed by atoms with E-state index in [2.05, 4.69) is 20.5 Å². The number of nitrogens with zero attached hydrogens (tertiary/aromatic N) is 4. The number of carbonyl (C=O) groups excluding carboxylic acids is 1. The number of anilines is 1. The Kier molecular flexibility index (Phi) is 5.09. The summed E-state index contributed by atoms with van der Waals surface area (Å²) in [5, 5.41) is 12.6. The molecule has 0 aliphatic heterocycles. The number of thiophene rings is 1. The van der Waals surface area contributed by atoms with E-state index in [1.165, 1.54) is 29.0 Å². The molecule has 0 bridgehead atoms. The number of benzene rings is 1. The highest BCUT2D eigenvalue weighted by Crippen LogP contribution is 2.37. The van der Waals surface area contributed by atoms with Gasteiger partial charge in [0.1, 0.15) is 11.2 Å². The molecular formula is C20H16F3N5OS2. The van der Waals surface area contributed by atoms with Gasteiger partial charge in [-0.3, -0.25) is 9.20 Å². The SMILES string of the molecule is O=C(CSc1nnc2c3c4c(sc3ncn12)CCCC4)Nc1cccc(C(F)(F)F)c1. The van der Waals surface area contributed by atoms with Crippen molar-refractivity contribution in [3.63, 3.8) is 0 Å². The quantitative estimate of drug-likeness (QED) is 0.433. The number of halogens is 3. The molecule has 1 aliphatic rings. The molecule has 1 amide bonds. The first kappa shape index (κ1) is 20.3. The third-order valence-electron chi connectivity index (χ3n) is 5.14. The molecule has 5 rings (SSSR count). The highest BCUT2D eigenvalue weighted by Gasteiger charge is 2.30. The fraction of sp³-hybridized carbons (Fsp3) is 0.300. The van der Waals surface area contributed by atoms with Crippen LogP contribution in [0.1, 0.15) is 28.8 Å². The molecule has 6 nitrogen and oxygen atoms in total. The summed E-state index contributed by atoms with van der Waals surface area (Å²) < 4.78 is 40.3. The van der Waals surface area contributed by atoms with E-state index in [1.807, 2.05) is 0 Å².